The zero-order valence-corrected chi connectivity index (χ0v) is 8.93. The number of carboxylic acid groups (broad SMARTS) is 1. The van der Waals surface area contributed by atoms with E-state index in [1.54, 1.807) is 0 Å². The summed E-state index contributed by atoms with van der Waals surface area (Å²) in [4.78, 5) is 18.0. The smallest absolute Gasteiger partial charge is 0.373 e. The Kier molecular flexibility index (Phi) is 3.34. The molecule has 1 aromatic heterocycles. The minimum absolute atomic E-state index is 0.198. The molecule has 16 heavy (non-hydrogen) atoms. The van der Waals surface area contributed by atoms with Crippen molar-refractivity contribution >= 4 is 5.97 Å². The summed E-state index contributed by atoms with van der Waals surface area (Å²) in [6.07, 6.45) is 8.84. The van der Waals surface area contributed by atoms with Gasteiger partial charge in [-0.25, -0.2) is 14.8 Å². The number of carboxylic acids is 1. The zero-order valence-electron chi connectivity index (χ0n) is 8.93. The van der Waals surface area contributed by atoms with Gasteiger partial charge in [0, 0.05) is 0 Å². The lowest BCUT2D eigenvalue weighted by molar-refractivity contribution is 0.0683. The average Bonchev–Trinajstić information content (AvgIpc) is 2.31. The van der Waals surface area contributed by atoms with Crippen molar-refractivity contribution in [3.63, 3.8) is 0 Å². The Labute approximate surface area is 93.5 Å². The predicted molar refractivity (Wildman–Crippen MR) is 56.5 cm³/mol. The van der Waals surface area contributed by atoms with Crippen molar-refractivity contribution < 1.29 is 14.6 Å². The molecule has 0 unspecified atom stereocenters. The Balaban J connectivity index is 1.96. The van der Waals surface area contributed by atoms with Crippen molar-refractivity contribution in [2.75, 3.05) is 0 Å². The monoisotopic (exact) mass is 222 g/mol. The van der Waals surface area contributed by atoms with Crippen LogP contribution < -0.4 is 4.74 Å². The summed E-state index contributed by atoms with van der Waals surface area (Å²) in [6.45, 7) is 0. The van der Waals surface area contributed by atoms with Gasteiger partial charge in [-0.1, -0.05) is 6.42 Å². The summed E-state index contributed by atoms with van der Waals surface area (Å²) in [5, 5.41) is 8.63. The number of aromatic carboxylic acids is 1. The summed E-state index contributed by atoms with van der Waals surface area (Å²) in [6, 6.07) is 0. The van der Waals surface area contributed by atoms with Gasteiger partial charge in [-0.2, -0.15) is 0 Å². The van der Waals surface area contributed by atoms with Gasteiger partial charge in [-0.3, -0.25) is 0 Å². The van der Waals surface area contributed by atoms with Crippen LogP contribution in [0, 0.1) is 0 Å². The number of rotatable bonds is 3. The molecule has 5 heteroatoms. The van der Waals surface area contributed by atoms with Crippen molar-refractivity contribution in [2.45, 2.75) is 38.2 Å². The van der Waals surface area contributed by atoms with Crippen LogP contribution in [0.1, 0.15) is 42.7 Å². The van der Waals surface area contributed by atoms with Crippen molar-refractivity contribution in [3.05, 3.63) is 18.2 Å². The maximum absolute atomic E-state index is 10.5. The second-order valence-corrected chi connectivity index (χ2v) is 3.93. The maximum atomic E-state index is 10.5. The fourth-order valence-corrected chi connectivity index (χ4v) is 1.86. The van der Waals surface area contributed by atoms with Crippen LogP contribution >= 0.6 is 0 Å². The van der Waals surface area contributed by atoms with E-state index in [0.29, 0.717) is 5.75 Å². The van der Waals surface area contributed by atoms with E-state index in [1.807, 2.05) is 0 Å². The van der Waals surface area contributed by atoms with Gasteiger partial charge in [0.1, 0.15) is 0 Å². The highest BCUT2D eigenvalue weighted by molar-refractivity contribution is 5.82. The van der Waals surface area contributed by atoms with Gasteiger partial charge in [-0.15, -0.1) is 0 Å². The second-order valence-electron chi connectivity index (χ2n) is 3.93. The minimum Gasteiger partial charge on any atom is -0.487 e. The first kappa shape index (κ1) is 10.9. The van der Waals surface area contributed by atoms with Gasteiger partial charge in [0.2, 0.25) is 5.82 Å². The second kappa shape index (κ2) is 4.92. The first-order chi connectivity index (χ1) is 7.75. The third kappa shape index (κ3) is 2.68. The zero-order chi connectivity index (χ0) is 11.4. The van der Waals surface area contributed by atoms with Crippen LogP contribution in [0.25, 0.3) is 0 Å². The van der Waals surface area contributed by atoms with E-state index >= 15 is 0 Å². The van der Waals surface area contributed by atoms with Gasteiger partial charge >= 0.3 is 5.97 Å². The number of nitrogens with zero attached hydrogens (tertiary/aromatic N) is 2. The molecule has 0 atom stereocenters. The Morgan fingerprint density at radius 2 is 1.88 bits per heavy atom. The molecule has 1 aliphatic carbocycles. The molecule has 1 heterocycles. The third-order valence-electron chi connectivity index (χ3n) is 2.67. The Hall–Kier alpha value is -1.65. The van der Waals surface area contributed by atoms with Crippen LogP contribution in [-0.4, -0.2) is 27.1 Å². The number of hydrogen-bond donors (Lipinski definition) is 1. The quantitative estimate of drug-likeness (QED) is 0.845. The molecule has 86 valence electrons. The lowest BCUT2D eigenvalue weighted by Gasteiger charge is -2.22. The molecule has 1 aromatic rings. The lowest BCUT2D eigenvalue weighted by Crippen LogP contribution is -2.20. The van der Waals surface area contributed by atoms with Gasteiger partial charge in [0.25, 0.3) is 0 Å². The van der Waals surface area contributed by atoms with E-state index in [9.17, 15) is 4.79 Å². The molecule has 0 aliphatic heterocycles. The highest BCUT2D eigenvalue weighted by Gasteiger charge is 2.15. The molecule has 0 aromatic carbocycles. The molecule has 0 amide bonds. The van der Waals surface area contributed by atoms with E-state index in [0.717, 1.165) is 12.8 Å². The molecule has 5 nitrogen and oxygen atoms in total. The number of aromatic nitrogens is 2. The molecule has 1 aliphatic rings. The average molecular weight is 222 g/mol. The molecular formula is C11H14N2O3. The van der Waals surface area contributed by atoms with Crippen LogP contribution in [0.15, 0.2) is 12.4 Å². The van der Waals surface area contributed by atoms with E-state index in [4.69, 9.17) is 9.84 Å². The van der Waals surface area contributed by atoms with Crippen molar-refractivity contribution in [1.82, 2.24) is 9.97 Å². The molecule has 0 saturated heterocycles. The van der Waals surface area contributed by atoms with Crippen LogP contribution in [0.4, 0.5) is 0 Å². The Morgan fingerprint density at radius 1 is 1.25 bits per heavy atom. The molecule has 1 fully saturated rings. The Morgan fingerprint density at radius 3 is 2.44 bits per heavy atom. The van der Waals surface area contributed by atoms with Crippen molar-refractivity contribution in [1.29, 1.82) is 0 Å². The van der Waals surface area contributed by atoms with Crippen molar-refractivity contribution in [2.24, 2.45) is 0 Å². The summed E-state index contributed by atoms with van der Waals surface area (Å²) in [5.41, 5.74) is 0. The highest BCUT2D eigenvalue weighted by Crippen LogP contribution is 2.22. The highest BCUT2D eigenvalue weighted by atomic mass is 16.5. The largest absolute Gasteiger partial charge is 0.487 e. The van der Waals surface area contributed by atoms with Gasteiger partial charge in [0.15, 0.2) is 5.75 Å². The summed E-state index contributed by atoms with van der Waals surface area (Å²) >= 11 is 0. The summed E-state index contributed by atoms with van der Waals surface area (Å²) in [7, 11) is 0. The third-order valence-corrected chi connectivity index (χ3v) is 2.67. The van der Waals surface area contributed by atoms with E-state index in [-0.39, 0.29) is 11.9 Å². The Bertz CT molecular complexity index is 358. The van der Waals surface area contributed by atoms with Gasteiger partial charge in [0.05, 0.1) is 18.5 Å². The first-order valence-electron chi connectivity index (χ1n) is 5.48. The predicted octanol–water partition coefficient (Wildman–Crippen LogP) is 1.89. The van der Waals surface area contributed by atoms with Crippen molar-refractivity contribution in [3.8, 4) is 5.75 Å². The molecule has 1 N–H and O–H groups in total. The molecule has 2 rings (SSSR count). The first-order valence-corrected chi connectivity index (χ1v) is 5.48. The van der Waals surface area contributed by atoms with Crippen LogP contribution in [-0.2, 0) is 0 Å². The SMILES string of the molecule is O=C(O)c1ncc(OC2CCCCC2)cn1. The number of hydrogen-bond acceptors (Lipinski definition) is 4. The summed E-state index contributed by atoms with van der Waals surface area (Å²) in [5.74, 6) is -0.767. The van der Waals surface area contributed by atoms with E-state index < -0.39 is 5.97 Å². The standard InChI is InChI=1S/C11H14N2O3/c14-11(15)10-12-6-9(7-13-10)16-8-4-2-1-3-5-8/h6-8H,1-5H2,(H,14,15). The molecule has 0 spiro atoms. The molecule has 1 saturated carbocycles. The van der Waals surface area contributed by atoms with E-state index in [2.05, 4.69) is 9.97 Å². The van der Waals surface area contributed by atoms with Crippen LogP contribution in [0.5, 0.6) is 5.75 Å². The fourth-order valence-electron chi connectivity index (χ4n) is 1.86. The topological polar surface area (TPSA) is 72.3 Å². The van der Waals surface area contributed by atoms with E-state index in [1.165, 1.54) is 31.7 Å². The number of carbonyl (C=O) groups is 1. The summed E-state index contributed by atoms with van der Waals surface area (Å²) < 4.78 is 5.67. The molecule has 0 radical (unpaired) electrons. The molecule has 0 bridgehead atoms. The minimum atomic E-state index is -1.12. The normalized spacial score (nSPS) is 17.0. The molecular weight excluding hydrogens is 208 g/mol. The van der Waals surface area contributed by atoms with Crippen LogP contribution in [0.3, 0.4) is 0 Å². The van der Waals surface area contributed by atoms with Gasteiger partial charge < -0.3 is 9.84 Å². The van der Waals surface area contributed by atoms with Gasteiger partial charge in [-0.05, 0) is 25.7 Å². The number of ether oxygens (including phenoxy) is 1. The maximum Gasteiger partial charge on any atom is 0.373 e. The lowest BCUT2D eigenvalue weighted by atomic mass is 9.98. The fraction of sp³-hybridized carbons (Fsp3) is 0.545. The van der Waals surface area contributed by atoms with Crippen LogP contribution in [0.2, 0.25) is 0 Å².